The number of benzene rings is 2. The number of piperidine rings is 1. The summed E-state index contributed by atoms with van der Waals surface area (Å²) >= 11 is 0. The summed E-state index contributed by atoms with van der Waals surface area (Å²) in [5.41, 5.74) is 1.09. The summed E-state index contributed by atoms with van der Waals surface area (Å²) in [6, 6.07) is 18.3. The number of amides is 1. The molecule has 3 atom stereocenters. The number of allylic oxidation sites excluding steroid dienone is 1. The van der Waals surface area contributed by atoms with E-state index in [9.17, 15) is 14.7 Å². The van der Waals surface area contributed by atoms with Gasteiger partial charge < -0.3 is 9.84 Å². The van der Waals surface area contributed by atoms with Crippen molar-refractivity contribution in [2.75, 3.05) is 6.54 Å². The molecule has 5 rings (SSSR count). The number of hydrogen-bond acceptors (Lipinski definition) is 3. The van der Waals surface area contributed by atoms with Crippen LogP contribution in [0.25, 0.3) is 0 Å². The molecule has 28 heavy (non-hydrogen) atoms. The lowest BCUT2D eigenvalue weighted by atomic mass is 9.69. The SMILES string of the molecule is CC12CCC(C(C(=O)O)=C[C@@H]1c1ccccc1)N(C(=O)Oc1ccccc1)C2. The minimum absolute atomic E-state index is 0.0701. The van der Waals surface area contributed by atoms with Crippen molar-refractivity contribution >= 4 is 12.1 Å². The lowest BCUT2D eigenvalue weighted by Crippen LogP contribution is -2.52. The summed E-state index contributed by atoms with van der Waals surface area (Å²) in [6.45, 7) is 2.58. The molecule has 0 aromatic heterocycles. The summed E-state index contributed by atoms with van der Waals surface area (Å²) in [5.74, 6) is -0.591. The van der Waals surface area contributed by atoms with Crippen LogP contribution < -0.4 is 4.74 Å². The van der Waals surface area contributed by atoms with Gasteiger partial charge >= 0.3 is 12.1 Å². The number of carboxylic acid groups (broad SMARTS) is 1. The lowest BCUT2D eigenvalue weighted by molar-refractivity contribution is -0.133. The van der Waals surface area contributed by atoms with E-state index in [1.54, 1.807) is 29.2 Å². The highest BCUT2D eigenvalue weighted by Gasteiger charge is 2.49. The van der Waals surface area contributed by atoms with Gasteiger partial charge in [0.15, 0.2) is 0 Å². The molecule has 2 heterocycles. The third-order valence-electron chi connectivity index (χ3n) is 5.94. The zero-order valence-electron chi connectivity index (χ0n) is 15.7. The number of carbonyl (C=O) groups is 2. The van der Waals surface area contributed by atoms with Crippen LogP contribution in [-0.4, -0.2) is 34.7 Å². The number of nitrogens with zero attached hydrogens (tertiary/aromatic N) is 1. The largest absolute Gasteiger partial charge is 0.478 e. The third-order valence-corrected chi connectivity index (χ3v) is 5.94. The minimum atomic E-state index is -0.977. The van der Waals surface area contributed by atoms with Crippen molar-refractivity contribution in [3.05, 3.63) is 77.9 Å². The molecule has 0 spiro atoms. The first-order valence-electron chi connectivity index (χ1n) is 9.51. The first-order valence-corrected chi connectivity index (χ1v) is 9.51. The Morgan fingerprint density at radius 1 is 1.07 bits per heavy atom. The van der Waals surface area contributed by atoms with E-state index in [2.05, 4.69) is 6.92 Å². The van der Waals surface area contributed by atoms with Gasteiger partial charge in [-0.1, -0.05) is 61.5 Å². The van der Waals surface area contributed by atoms with Crippen LogP contribution in [0.2, 0.25) is 0 Å². The van der Waals surface area contributed by atoms with Gasteiger partial charge in [0.1, 0.15) is 5.75 Å². The maximum Gasteiger partial charge on any atom is 0.415 e. The smallest absolute Gasteiger partial charge is 0.415 e. The average Bonchev–Trinajstić information content (AvgIpc) is 2.93. The van der Waals surface area contributed by atoms with Gasteiger partial charge in [-0.25, -0.2) is 9.59 Å². The minimum Gasteiger partial charge on any atom is -0.478 e. The second-order valence-corrected chi connectivity index (χ2v) is 7.83. The van der Waals surface area contributed by atoms with E-state index in [4.69, 9.17) is 4.74 Å². The van der Waals surface area contributed by atoms with Gasteiger partial charge in [0, 0.05) is 12.5 Å². The third kappa shape index (κ3) is 3.28. The topological polar surface area (TPSA) is 66.8 Å². The maximum absolute atomic E-state index is 12.9. The molecule has 3 aliphatic rings. The fraction of sp³-hybridized carbons (Fsp3) is 0.304. The molecule has 2 aliphatic heterocycles. The predicted octanol–water partition coefficient (Wildman–Crippen LogP) is 4.46. The molecule has 144 valence electrons. The monoisotopic (exact) mass is 377 g/mol. The van der Waals surface area contributed by atoms with Crippen LogP contribution >= 0.6 is 0 Å². The van der Waals surface area contributed by atoms with Gasteiger partial charge in [0.05, 0.1) is 11.6 Å². The van der Waals surface area contributed by atoms with E-state index in [0.29, 0.717) is 18.7 Å². The van der Waals surface area contributed by atoms with Crippen LogP contribution in [0.15, 0.2) is 72.3 Å². The van der Waals surface area contributed by atoms with Crippen molar-refractivity contribution in [3.8, 4) is 5.75 Å². The second-order valence-electron chi connectivity index (χ2n) is 7.83. The van der Waals surface area contributed by atoms with Crippen LogP contribution in [0.5, 0.6) is 5.75 Å². The molecule has 1 fully saturated rings. The summed E-state index contributed by atoms with van der Waals surface area (Å²) < 4.78 is 5.54. The van der Waals surface area contributed by atoms with Gasteiger partial charge in [-0.05, 0) is 36.0 Å². The quantitative estimate of drug-likeness (QED) is 0.857. The van der Waals surface area contributed by atoms with Gasteiger partial charge in [0.25, 0.3) is 0 Å². The van der Waals surface area contributed by atoms with E-state index >= 15 is 0 Å². The molecule has 0 radical (unpaired) electrons. The number of aliphatic carboxylic acids is 1. The van der Waals surface area contributed by atoms with Crippen LogP contribution in [0.3, 0.4) is 0 Å². The second kappa shape index (κ2) is 7.15. The van der Waals surface area contributed by atoms with Gasteiger partial charge in [-0.2, -0.15) is 0 Å². The first kappa shape index (κ1) is 18.3. The van der Waals surface area contributed by atoms with Crippen molar-refractivity contribution in [3.63, 3.8) is 0 Å². The highest BCUT2D eigenvalue weighted by molar-refractivity contribution is 5.90. The Kier molecular flexibility index (Phi) is 4.67. The zero-order valence-corrected chi connectivity index (χ0v) is 15.7. The molecule has 1 saturated heterocycles. The number of hydrogen-bond donors (Lipinski definition) is 1. The Morgan fingerprint density at radius 2 is 1.71 bits per heavy atom. The van der Waals surface area contributed by atoms with E-state index in [1.165, 1.54) is 0 Å². The Labute approximate surface area is 164 Å². The van der Waals surface area contributed by atoms with E-state index in [0.717, 1.165) is 12.0 Å². The van der Waals surface area contributed by atoms with Gasteiger partial charge in [-0.3, -0.25) is 4.90 Å². The molecule has 1 N–H and O–H groups in total. The lowest BCUT2D eigenvalue weighted by Gasteiger charge is -2.44. The number of fused-ring (bicyclic) bond motifs is 3. The number of para-hydroxylation sites is 1. The molecule has 5 heteroatoms. The number of ether oxygens (including phenoxy) is 1. The molecule has 2 bridgehead atoms. The van der Waals surface area contributed by atoms with E-state index in [-0.39, 0.29) is 16.9 Å². The van der Waals surface area contributed by atoms with Gasteiger partial charge in [0.2, 0.25) is 0 Å². The summed E-state index contributed by atoms with van der Waals surface area (Å²) in [5, 5.41) is 9.87. The molecule has 1 amide bonds. The molecular formula is C23H23NO4. The number of carbonyl (C=O) groups excluding carboxylic acids is 1. The van der Waals surface area contributed by atoms with Crippen molar-refractivity contribution < 1.29 is 19.4 Å². The summed E-state index contributed by atoms with van der Waals surface area (Å²) in [7, 11) is 0. The predicted molar refractivity (Wildman–Crippen MR) is 105 cm³/mol. The Bertz CT molecular complexity index is 909. The number of carboxylic acids is 1. The van der Waals surface area contributed by atoms with E-state index in [1.807, 2.05) is 42.5 Å². The molecule has 2 aromatic rings. The first-order chi connectivity index (χ1) is 13.5. The summed E-state index contributed by atoms with van der Waals surface area (Å²) in [4.78, 5) is 26.6. The molecule has 5 nitrogen and oxygen atoms in total. The highest BCUT2D eigenvalue weighted by atomic mass is 16.6. The normalized spacial score (nSPS) is 26.3. The van der Waals surface area contributed by atoms with Crippen LogP contribution in [0.4, 0.5) is 4.79 Å². The van der Waals surface area contributed by atoms with Crippen molar-refractivity contribution in [2.24, 2.45) is 5.41 Å². The molecular weight excluding hydrogens is 354 g/mol. The Morgan fingerprint density at radius 3 is 2.36 bits per heavy atom. The molecule has 2 unspecified atom stereocenters. The highest BCUT2D eigenvalue weighted by Crippen LogP contribution is 2.50. The molecule has 0 saturated carbocycles. The molecule has 1 aliphatic carbocycles. The average molecular weight is 377 g/mol. The maximum atomic E-state index is 12.9. The molecule has 2 aromatic carbocycles. The van der Waals surface area contributed by atoms with Crippen molar-refractivity contribution in [1.82, 2.24) is 4.90 Å². The van der Waals surface area contributed by atoms with Crippen molar-refractivity contribution in [1.29, 1.82) is 0 Å². The van der Waals surface area contributed by atoms with Crippen molar-refractivity contribution in [2.45, 2.75) is 31.7 Å². The Hall–Kier alpha value is -3.08. The fourth-order valence-electron chi connectivity index (χ4n) is 4.48. The zero-order chi connectivity index (χ0) is 19.7. The van der Waals surface area contributed by atoms with E-state index < -0.39 is 18.1 Å². The van der Waals surface area contributed by atoms with Crippen LogP contribution in [-0.2, 0) is 4.79 Å². The van der Waals surface area contributed by atoms with Crippen LogP contribution in [0.1, 0.15) is 31.2 Å². The Balaban J connectivity index is 1.70. The number of rotatable bonds is 3. The van der Waals surface area contributed by atoms with Crippen LogP contribution in [0, 0.1) is 5.41 Å². The standard InChI is InChI=1S/C23H23NO4/c1-23-13-12-20(24(15-23)22(27)28-17-10-6-3-7-11-17)18(21(25)26)14-19(23)16-8-4-2-5-9-16/h2-11,14,19-20H,12-13,15H2,1H3,(H,25,26)/t19-,20?,23?/m1/s1. The van der Waals surface area contributed by atoms with Gasteiger partial charge in [-0.15, -0.1) is 0 Å². The fourth-order valence-corrected chi connectivity index (χ4v) is 4.48. The summed E-state index contributed by atoms with van der Waals surface area (Å²) in [6.07, 6.45) is 2.81.